The molecule has 0 N–H and O–H groups in total. The summed E-state index contributed by atoms with van der Waals surface area (Å²) in [4.78, 5) is 6.12. The second-order valence-corrected chi connectivity index (χ2v) is 5.77. The second kappa shape index (κ2) is 4.03. The Balaban J connectivity index is 2.52. The first-order valence-corrected chi connectivity index (χ1v) is 6.66. The van der Waals surface area contributed by atoms with Crippen LogP contribution in [0, 0.1) is 0 Å². The Morgan fingerprint density at radius 2 is 2.25 bits per heavy atom. The van der Waals surface area contributed by atoms with Crippen molar-refractivity contribution in [2.24, 2.45) is 0 Å². The minimum absolute atomic E-state index is 0.303. The molecule has 1 aliphatic rings. The van der Waals surface area contributed by atoms with Gasteiger partial charge in [-0.05, 0) is 12.5 Å². The number of aromatic nitrogens is 1. The molecule has 0 saturated heterocycles. The fourth-order valence-corrected chi connectivity index (χ4v) is 3.56. The highest BCUT2D eigenvalue weighted by Gasteiger charge is 2.33. The second-order valence-electron chi connectivity index (χ2n) is 3.86. The molecule has 2 heterocycles. The van der Waals surface area contributed by atoms with Gasteiger partial charge in [-0.3, -0.25) is 4.98 Å². The summed E-state index contributed by atoms with van der Waals surface area (Å²) in [5.74, 6) is 0. The molecule has 0 spiro atoms. The van der Waals surface area contributed by atoms with Gasteiger partial charge in [0.1, 0.15) is 4.90 Å². The van der Waals surface area contributed by atoms with Crippen LogP contribution in [0.5, 0.6) is 0 Å². The van der Waals surface area contributed by atoms with Crippen molar-refractivity contribution >= 4 is 15.7 Å². The predicted molar refractivity (Wildman–Crippen MR) is 61.7 cm³/mol. The zero-order valence-corrected chi connectivity index (χ0v) is 10.2. The molecule has 0 aliphatic carbocycles. The van der Waals surface area contributed by atoms with Gasteiger partial charge in [0.05, 0.1) is 12.4 Å². The minimum atomic E-state index is -3.35. The number of anilines is 1. The van der Waals surface area contributed by atoms with Crippen molar-refractivity contribution in [2.45, 2.75) is 18.2 Å². The quantitative estimate of drug-likeness (QED) is 0.771. The highest BCUT2D eigenvalue weighted by molar-refractivity contribution is 7.89. The summed E-state index contributed by atoms with van der Waals surface area (Å²) in [6.07, 6.45) is 3.84. The molecule has 1 aromatic rings. The van der Waals surface area contributed by atoms with Crippen molar-refractivity contribution in [1.29, 1.82) is 0 Å². The van der Waals surface area contributed by atoms with Crippen molar-refractivity contribution in [3.63, 3.8) is 0 Å². The van der Waals surface area contributed by atoms with Crippen LogP contribution in [-0.4, -0.2) is 38.0 Å². The first-order chi connectivity index (χ1) is 7.57. The van der Waals surface area contributed by atoms with Gasteiger partial charge in [0.25, 0.3) is 0 Å². The number of hydrogen-bond donors (Lipinski definition) is 0. The number of nitrogens with zero attached hydrogens (tertiary/aromatic N) is 3. The lowest BCUT2D eigenvalue weighted by Gasteiger charge is -2.34. The van der Waals surface area contributed by atoms with E-state index in [0.29, 0.717) is 18.1 Å². The van der Waals surface area contributed by atoms with Gasteiger partial charge in [0, 0.05) is 26.0 Å². The average Bonchev–Trinajstić information content (AvgIpc) is 2.27. The number of sulfonamides is 1. The Bertz CT molecular complexity index is 487. The zero-order valence-electron chi connectivity index (χ0n) is 9.42. The fraction of sp³-hybridized carbons (Fsp3) is 0.500. The van der Waals surface area contributed by atoms with Gasteiger partial charge in [-0.15, -0.1) is 0 Å². The van der Waals surface area contributed by atoms with Gasteiger partial charge in [-0.1, -0.05) is 6.92 Å². The summed E-state index contributed by atoms with van der Waals surface area (Å²) < 4.78 is 25.9. The van der Waals surface area contributed by atoms with E-state index in [4.69, 9.17) is 0 Å². The van der Waals surface area contributed by atoms with E-state index in [9.17, 15) is 8.42 Å². The summed E-state index contributed by atoms with van der Waals surface area (Å²) >= 11 is 0. The molecule has 0 radical (unpaired) electrons. The lowest BCUT2D eigenvalue weighted by molar-refractivity contribution is 0.402. The van der Waals surface area contributed by atoms with E-state index in [1.54, 1.807) is 12.3 Å². The van der Waals surface area contributed by atoms with Crippen LogP contribution in [0.1, 0.15) is 13.3 Å². The average molecular weight is 241 g/mol. The van der Waals surface area contributed by atoms with Gasteiger partial charge >= 0.3 is 0 Å². The molecule has 0 bridgehead atoms. The summed E-state index contributed by atoms with van der Waals surface area (Å²) in [6.45, 7) is 2.92. The SMILES string of the molecule is CCCN1CN(C)c2ccncc2S1(=O)=O. The van der Waals surface area contributed by atoms with E-state index < -0.39 is 10.0 Å². The normalized spacial score (nSPS) is 19.5. The highest BCUT2D eigenvalue weighted by Crippen LogP contribution is 2.30. The third kappa shape index (κ3) is 1.68. The molecule has 5 nitrogen and oxygen atoms in total. The van der Waals surface area contributed by atoms with Crippen molar-refractivity contribution in [3.05, 3.63) is 18.5 Å². The van der Waals surface area contributed by atoms with E-state index in [-0.39, 0.29) is 0 Å². The molecule has 0 atom stereocenters. The van der Waals surface area contributed by atoms with Crippen LogP contribution >= 0.6 is 0 Å². The largest absolute Gasteiger partial charge is 0.359 e. The van der Waals surface area contributed by atoms with Crippen molar-refractivity contribution < 1.29 is 8.42 Å². The van der Waals surface area contributed by atoms with Crippen LogP contribution in [0.4, 0.5) is 5.69 Å². The van der Waals surface area contributed by atoms with E-state index in [1.807, 2.05) is 18.9 Å². The number of hydrogen-bond acceptors (Lipinski definition) is 4. The third-order valence-electron chi connectivity index (χ3n) is 2.63. The Hall–Kier alpha value is -1.14. The summed E-state index contributed by atoms with van der Waals surface area (Å²) in [7, 11) is -1.46. The molecule has 2 rings (SSSR count). The molecule has 1 aliphatic heterocycles. The van der Waals surface area contributed by atoms with Crippen LogP contribution in [0.3, 0.4) is 0 Å². The van der Waals surface area contributed by atoms with Crippen molar-refractivity contribution in [3.8, 4) is 0 Å². The number of pyridine rings is 1. The topological polar surface area (TPSA) is 53.5 Å². The van der Waals surface area contributed by atoms with Gasteiger partial charge in [0.15, 0.2) is 0 Å². The number of rotatable bonds is 2. The van der Waals surface area contributed by atoms with E-state index in [1.165, 1.54) is 10.5 Å². The molecule has 0 amide bonds. The maximum atomic E-state index is 12.2. The maximum Gasteiger partial charge on any atom is 0.248 e. The minimum Gasteiger partial charge on any atom is -0.359 e. The number of fused-ring (bicyclic) bond motifs is 1. The smallest absolute Gasteiger partial charge is 0.248 e. The van der Waals surface area contributed by atoms with Gasteiger partial charge in [-0.2, -0.15) is 4.31 Å². The Morgan fingerprint density at radius 1 is 1.50 bits per heavy atom. The lowest BCUT2D eigenvalue weighted by atomic mass is 10.4. The van der Waals surface area contributed by atoms with Gasteiger partial charge in [0.2, 0.25) is 10.0 Å². The van der Waals surface area contributed by atoms with Crippen LogP contribution in [0.25, 0.3) is 0 Å². The standard InChI is InChI=1S/C10H15N3O2S/c1-3-6-13-8-12(2)9-4-5-11-7-10(9)16(13,14)15/h4-5,7H,3,6,8H2,1-2H3. The predicted octanol–water partition coefficient (Wildman–Crippen LogP) is 0.890. The first-order valence-electron chi connectivity index (χ1n) is 5.22. The summed E-state index contributed by atoms with van der Waals surface area (Å²) in [6, 6.07) is 1.73. The Morgan fingerprint density at radius 3 is 2.94 bits per heavy atom. The van der Waals surface area contributed by atoms with E-state index >= 15 is 0 Å². The lowest BCUT2D eigenvalue weighted by Crippen LogP contribution is -2.45. The summed E-state index contributed by atoms with van der Waals surface area (Å²) in [5, 5.41) is 0. The Labute approximate surface area is 95.8 Å². The summed E-state index contributed by atoms with van der Waals surface area (Å²) in [5.41, 5.74) is 0.724. The van der Waals surface area contributed by atoms with E-state index in [0.717, 1.165) is 12.1 Å². The molecule has 1 aromatic heterocycles. The molecule has 0 saturated carbocycles. The van der Waals surface area contributed by atoms with Crippen LogP contribution in [0.15, 0.2) is 23.4 Å². The van der Waals surface area contributed by atoms with Crippen molar-refractivity contribution in [2.75, 3.05) is 25.2 Å². The zero-order chi connectivity index (χ0) is 11.8. The van der Waals surface area contributed by atoms with Gasteiger partial charge < -0.3 is 4.90 Å². The molecular formula is C10H15N3O2S. The molecule has 0 unspecified atom stereocenters. The molecule has 0 fully saturated rings. The van der Waals surface area contributed by atoms with Crippen LogP contribution < -0.4 is 4.90 Å². The van der Waals surface area contributed by atoms with Crippen LogP contribution in [0.2, 0.25) is 0 Å². The molecule has 6 heteroatoms. The third-order valence-corrected chi connectivity index (χ3v) is 4.48. The van der Waals surface area contributed by atoms with E-state index in [2.05, 4.69) is 4.98 Å². The molecular weight excluding hydrogens is 226 g/mol. The first kappa shape index (κ1) is 11.3. The molecule has 88 valence electrons. The Kier molecular flexibility index (Phi) is 2.86. The highest BCUT2D eigenvalue weighted by atomic mass is 32.2. The van der Waals surface area contributed by atoms with Gasteiger partial charge in [-0.25, -0.2) is 8.42 Å². The monoisotopic (exact) mass is 241 g/mol. The maximum absolute atomic E-state index is 12.2. The molecule has 0 aromatic carbocycles. The van der Waals surface area contributed by atoms with Crippen LogP contribution in [-0.2, 0) is 10.0 Å². The van der Waals surface area contributed by atoms with Crippen molar-refractivity contribution in [1.82, 2.24) is 9.29 Å². The molecule has 16 heavy (non-hydrogen) atoms. The fourth-order valence-electron chi connectivity index (χ4n) is 1.85.